The van der Waals surface area contributed by atoms with Crippen molar-refractivity contribution >= 4 is 46.5 Å². The Balaban J connectivity index is 1.57. The molecule has 5 nitrogen and oxygen atoms in total. The van der Waals surface area contributed by atoms with Gasteiger partial charge in [-0.1, -0.05) is 38.1 Å². The third-order valence-electron chi connectivity index (χ3n) is 4.37. The molecular formula is C20H22N2O3S2. The van der Waals surface area contributed by atoms with Gasteiger partial charge in [0.05, 0.1) is 22.7 Å². The van der Waals surface area contributed by atoms with Crippen LogP contribution >= 0.6 is 23.1 Å². The Kier molecular flexibility index (Phi) is 6.34. The highest BCUT2D eigenvalue weighted by Gasteiger charge is 2.40. The van der Waals surface area contributed by atoms with Crippen LogP contribution < -0.4 is 10.2 Å². The highest BCUT2D eigenvalue weighted by molar-refractivity contribution is 8.01. The maximum absolute atomic E-state index is 12.6. The lowest BCUT2D eigenvalue weighted by Crippen LogP contribution is -2.34. The summed E-state index contributed by atoms with van der Waals surface area (Å²) in [5.74, 6) is -0.169. The predicted octanol–water partition coefficient (Wildman–Crippen LogP) is 3.63. The first kappa shape index (κ1) is 19.6. The van der Waals surface area contributed by atoms with Crippen LogP contribution in [0.5, 0.6) is 0 Å². The molecule has 0 radical (unpaired) electrons. The van der Waals surface area contributed by atoms with Gasteiger partial charge >= 0.3 is 0 Å². The van der Waals surface area contributed by atoms with Crippen molar-refractivity contribution in [3.8, 4) is 0 Å². The second-order valence-electron chi connectivity index (χ2n) is 6.71. The zero-order valence-corrected chi connectivity index (χ0v) is 16.9. The molecule has 0 unspecified atom stereocenters. The lowest BCUT2D eigenvalue weighted by atomic mass is 10.0. The summed E-state index contributed by atoms with van der Waals surface area (Å²) in [6.07, 6.45) is 0.129. The molecule has 3 amide bonds. The number of hydrogen-bond donors (Lipinski definition) is 1. The number of para-hydroxylation sites is 1. The van der Waals surface area contributed by atoms with Crippen molar-refractivity contribution in [2.24, 2.45) is 5.92 Å². The molecule has 3 rings (SSSR count). The fraction of sp³-hybridized carbons (Fsp3) is 0.350. The number of hydrogen-bond acceptors (Lipinski definition) is 5. The molecule has 2 atom stereocenters. The van der Waals surface area contributed by atoms with E-state index >= 15 is 0 Å². The van der Waals surface area contributed by atoms with Crippen LogP contribution in [-0.2, 0) is 14.4 Å². The van der Waals surface area contributed by atoms with Gasteiger partial charge in [0.1, 0.15) is 0 Å². The van der Waals surface area contributed by atoms with Gasteiger partial charge in [0, 0.05) is 11.3 Å². The Morgan fingerprint density at radius 2 is 1.96 bits per heavy atom. The first-order chi connectivity index (χ1) is 13.0. The average Bonchev–Trinajstić information content (AvgIpc) is 3.26. The van der Waals surface area contributed by atoms with E-state index in [-0.39, 0.29) is 41.9 Å². The minimum Gasteiger partial charge on any atom is -0.348 e. The van der Waals surface area contributed by atoms with E-state index in [0.29, 0.717) is 5.69 Å². The van der Waals surface area contributed by atoms with Crippen molar-refractivity contribution < 1.29 is 14.4 Å². The van der Waals surface area contributed by atoms with Gasteiger partial charge in [0.15, 0.2) is 0 Å². The number of carbonyl (C=O) groups excluding carboxylic acids is 3. The van der Waals surface area contributed by atoms with Crippen molar-refractivity contribution in [1.29, 1.82) is 0 Å². The van der Waals surface area contributed by atoms with Gasteiger partial charge in [-0.2, -0.15) is 0 Å². The normalized spacial score (nSPS) is 18.2. The van der Waals surface area contributed by atoms with E-state index in [1.54, 1.807) is 35.6 Å². The molecule has 1 aromatic carbocycles. The number of carbonyl (C=O) groups is 3. The summed E-state index contributed by atoms with van der Waals surface area (Å²) in [5.41, 5.74) is 0.581. The minimum absolute atomic E-state index is 0.0418. The first-order valence-electron chi connectivity index (χ1n) is 8.83. The predicted molar refractivity (Wildman–Crippen MR) is 110 cm³/mol. The fourth-order valence-corrected chi connectivity index (χ4v) is 4.90. The molecule has 1 aromatic heterocycles. The lowest BCUT2D eigenvalue weighted by molar-refractivity contribution is -0.121. The number of imide groups is 1. The summed E-state index contributed by atoms with van der Waals surface area (Å²) in [6, 6.07) is 12.8. The Hall–Kier alpha value is -2.12. The molecule has 0 spiro atoms. The number of nitrogens with zero attached hydrogens (tertiary/aromatic N) is 1. The minimum atomic E-state index is -0.511. The van der Waals surface area contributed by atoms with Crippen LogP contribution in [0.25, 0.3) is 0 Å². The van der Waals surface area contributed by atoms with Crippen LogP contribution in [0.4, 0.5) is 5.69 Å². The zero-order chi connectivity index (χ0) is 19.4. The number of thioether (sulfide) groups is 1. The van der Waals surface area contributed by atoms with E-state index in [0.717, 1.165) is 4.88 Å². The van der Waals surface area contributed by atoms with E-state index in [1.165, 1.54) is 16.7 Å². The molecule has 1 fully saturated rings. The standard InChI is InChI=1S/C20H22N2O3S2/c1-13(2)19(15-9-6-10-26-15)21-17(23)12-27-16-11-18(24)22(20(16)25)14-7-4-3-5-8-14/h3-10,13,16,19H,11-12H2,1-2H3,(H,21,23)/t16-,19+/m1/s1. The maximum Gasteiger partial charge on any atom is 0.247 e. The van der Waals surface area contributed by atoms with E-state index < -0.39 is 5.25 Å². The van der Waals surface area contributed by atoms with E-state index in [4.69, 9.17) is 0 Å². The Labute approximate surface area is 167 Å². The van der Waals surface area contributed by atoms with Gasteiger partial charge in [0.2, 0.25) is 17.7 Å². The van der Waals surface area contributed by atoms with Gasteiger partial charge in [-0.25, -0.2) is 4.90 Å². The second-order valence-corrected chi connectivity index (χ2v) is 8.88. The molecule has 1 N–H and O–H groups in total. The summed E-state index contributed by atoms with van der Waals surface area (Å²) < 4.78 is 0. The van der Waals surface area contributed by atoms with Crippen molar-refractivity contribution in [2.45, 2.75) is 31.6 Å². The molecule has 27 heavy (non-hydrogen) atoms. The topological polar surface area (TPSA) is 66.5 Å². The van der Waals surface area contributed by atoms with E-state index in [9.17, 15) is 14.4 Å². The van der Waals surface area contributed by atoms with Crippen LogP contribution in [0.2, 0.25) is 0 Å². The number of thiophene rings is 1. The largest absolute Gasteiger partial charge is 0.348 e. The van der Waals surface area contributed by atoms with Crippen LogP contribution in [0.3, 0.4) is 0 Å². The zero-order valence-electron chi connectivity index (χ0n) is 15.3. The SMILES string of the molecule is CC(C)[C@H](NC(=O)CS[C@@H]1CC(=O)N(c2ccccc2)C1=O)c1cccs1. The molecule has 2 heterocycles. The number of benzene rings is 1. The summed E-state index contributed by atoms with van der Waals surface area (Å²) in [5, 5.41) is 4.53. The van der Waals surface area contributed by atoms with Crippen LogP contribution in [0.15, 0.2) is 47.8 Å². The van der Waals surface area contributed by atoms with Crippen molar-refractivity contribution in [1.82, 2.24) is 5.32 Å². The van der Waals surface area contributed by atoms with E-state index in [1.807, 2.05) is 23.6 Å². The maximum atomic E-state index is 12.6. The van der Waals surface area contributed by atoms with Crippen molar-refractivity contribution in [3.05, 3.63) is 52.7 Å². The Morgan fingerprint density at radius 3 is 2.59 bits per heavy atom. The molecule has 7 heteroatoms. The van der Waals surface area contributed by atoms with Crippen LogP contribution in [0, 0.1) is 5.92 Å². The fourth-order valence-electron chi connectivity index (χ4n) is 3.01. The monoisotopic (exact) mass is 402 g/mol. The van der Waals surface area contributed by atoms with Gasteiger partial charge in [-0.15, -0.1) is 23.1 Å². The number of amides is 3. The molecular weight excluding hydrogens is 380 g/mol. The molecule has 2 aromatic rings. The van der Waals surface area contributed by atoms with Gasteiger partial charge in [-0.3, -0.25) is 14.4 Å². The molecule has 1 saturated heterocycles. The average molecular weight is 403 g/mol. The Bertz CT molecular complexity index is 806. The van der Waals surface area contributed by atoms with E-state index in [2.05, 4.69) is 19.2 Å². The quantitative estimate of drug-likeness (QED) is 0.718. The van der Waals surface area contributed by atoms with Gasteiger partial charge in [0.25, 0.3) is 0 Å². The van der Waals surface area contributed by atoms with Crippen LogP contribution in [0.1, 0.15) is 31.2 Å². The molecule has 0 aliphatic carbocycles. The molecule has 1 aliphatic rings. The lowest BCUT2D eigenvalue weighted by Gasteiger charge is -2.21. The first-order valence-corrected chi connectivity index (χ1v) is 10.8. The third kappa shape index (κ3) is 4.59. The molecule has 0 bridgehead atoms. The third-order valence-corrected chi connectivity index (χ3v) is 6.52. The van der Waals surface area contributed by atoms with Gasteiger partial charge < -0.3 is 5.32 Å². The molecule has 142 valence electrons. The summed E-state index contributed by atoms with van der Waals surface area (Å²) >= 11 is 2.85. The smallest absolute Gasteiger partial charge is 0.247 e. The van der Waals surface area contributed by atoms with Gasteiger partial charge in [-0.05, 0) is 29.5 Å². The Morgan fingerprint density at radius 1 is 1.22 bits per heavy atom. The summed E-state index contributed by atoms with van der Waals surface area (Å²) in [7, 11) is 0. The second kappa shape index (κ2) is 8.71. The summed E-state index contributed by atoms with van der Waals surface area (Å²) in [4.78, 5) is 39.6. The number of rotatable bonds is 7. The number of nitrogens with one attached hydrogen (secondary N) is 1. The van der Waals surface area contributed by atoms with Crippen molar-refractivity contribution in [2.75, 3.05) is 10.7 Å². The summed E-state index contributed by atoms with van der Waals surface area (Å²) in [6.45, 7) is 4.13. The molecule has 1 aliphatic heterocycles. The van der Waals surface area contributed by atoms with Crippen LogP contribution in [-0.4, -0.2) is 28.7 Å². The highest BCUT2D eigenvalue weighted by Crippen LogP contribution is 2.30. The number of anilines is 1. The molecule has 0 saturated carbocycles. The highest BCUT2D eigenvalue weighted by atomic mass is 32.2. The van der Waals surface area contributed by atoms with Crippen molar-refractivity contribution in [3.63, 3.8) is 0 Å².